The summed E-state index contributed by atoms with van der Waals surface area (Å²) in [6, 6.07) is 7.31. The number of carbonyl (C=O) groups excluding carboxylic acids is 1. The van der Waals surface area contributed by atoms with Gasteiger partial charge in [-0.15, -0.1) is 0 Å². The van der Waals surface area contributed by atoms with Crippen LogP contribution in [-0.2, 0) is 21.2 Å². The lowest BCUT2D eigenvalue weighted by atomic mass is 10.0. The average molecular weight is 308 g/mol. The molecule has 1 saturated heterocycles. The van der Waals surface area contributed by atoms with Crippen LogP contribution in [0, 0.1) is 0 Å². The number of piperidine rings is 1. The molecule has 1 atom stereocenters. The standard InChI is InChI=1S/C15H20N2O3S/c1-21(19,20)17-10-5-4-8-14(17)15(18)16-11-9-12-6-2-3-7-13(12)16/h2-3,6-7,14H,4-5,8-11H2,1H3/t14-/m0/s1. The molecule has 0 N–H and O–H groups in total. The zero-order valence-electron chi connectivity index (χ0n) is 12.2. The summed E-state index contributed by atoms with van der Waals surface area (Å²) >= 11 is 0. The van der Waals surface area contributed by atoms with Crippen LogP contribution in [0.25, 0.3) is 0 Å². The largest absolute Gasteiger partial charge is 0.310 e. The minimum absolute atomic E-state index is 0.0786. The second-order valence-corrected chi connectivity index (χ2v) is 7.69. The summed E-state index contributed by atoms with van der Waals surface area (Å²) in [7, 11) is -3.34. The van der Waals surface area contributed by atoms with Crippen LogP contribution in [-0.4, -0.2) is 44.0 Å². The number of para-hydroxylation sites is 1. The van der Waals surface area contributed by atoms with Crippen molar-refractivity contribution in [3.8, 4) is 0 Å². The molecule has 2 aliphatic rings. The first kappa shape index (κ1) is 14.5. The minimum atomic E-state index is -3.34. The van der Waals surface area contributed by atoms with E-state index in [0.29, 0.717) is 19.5 Å². The third kappa shape index (κ3) is 2.70. The molecule has 3 rings (SSSR count). The Morgan fingerprint density at radius 1 is 1.19 bits per heavy atom. The highest BCUT2D eigenvalue weighted by molar-refractivity contribution is 7.88. The number of amides is 1. The molecule has 0 radical (unpaired) electrons. The molecule has 2 heterocycles. The molecule has 114 valence electrons. The van der Waals surface area contributed by atoms with E-state index in [4.69, 9.17) is 0 Å². The molecule has 0 unspecified atom stereocenters. The number of rotatable bonds is 2. The van der Waals surface area contributed by atoms with Crippen molar-refractivity contribution in [3.05, 3.63) is 29.8 Å². The highest BCUT2D eigenvalue weighted by Gasteiger charge is 2.38. The van der Waals surface area contributed by atoms with E-state index in [9.17, 15) is 13.2 Å². The van der Waals surface area contributed by atoms with Crippen molar-refractivity contribution in [3.63, 3.8) is 0 Å². The highest BCUT2D eigenvalue weighted by Crippen LogP contribution is 2.30. The van der Waals surface area contributed by atoms with Crippen LogP contribution in [0.1, 0.15) is 24.8 Å². The zero-order chi connectivity index (χ0) is 15.0. The molecule has 0 saturated carbocycles. The van der Waals surface area contributed by atoms with Gasteiger partial charge >= 0.3 is 0 Å². The second kappa shape index (κ2) is 5.42. The molecular weight excluding hydrogens is 288 g/mol. The van der Waals surface area contributed by atoms with E-state index >= 15 is 0 Å². The molecule has 1 fully saturated rings. The Kier molecular flexibility index (Phi) is 3.75. The molecule has 0 aromatic heterocycles. The van der Waals surface area contributed by atoms with Crippen molar-refractivity contribution in [1.82, 2.24) is 4.31 Å². The Balaban J connectivity index is 1.88. The van der Waals surface area contributed by atoms with E-state index in [1.165, 1.54) is 10.6 Å². The third-order valence-corrected chi connectivity index (χ3v) is 5.61. The molecule has 6 heteroatoms. The molecule has 1 aromatic carbocycles. The third-order valence-electron chi connectivity index (χ3n) is 4.32. The minimum Gasteiger partial charge on any atom is -0.310 e. The fraction of sp³-hybridized carbons (Fsp3) is 0.533. The Morgan fingerprint density at radius 3 is 2.71 bits per heavy atom. The fourth-order valence-electron chi connectivity index (χ4n) is 3.30. The Hall–Kier alpha value is -1.40. The van der Waals surface area contributed by atoms with Gasteiger partial charge in [-0.2, -0.15) is 4.31 Å². The first-order chi connectivity index (χ1) is 9.98. The molecule has 0 bridgehead atoms. The predicted octanol–water partition coefficient (Wildman–Crippen LogP) is 1.39. The van der Waals surface area contributed by atoms with Crippen molar-refractivity contribution in [2.24, 2.45) is 0 Å². The van der Waals surface area contributed by atoms with E-state index in [-0.39, 0.29) is 5.91 Å². The van der Waals surface area contributed by atoms with Crippen LogP contribution in [0.3, 0.4) is 0 Å². The normalized spacial score (nSPS) is 23.1. The number of sulfonamides is 1. The summed E-state index contributed by atoms with van der Waals surface area (Å²) < 4.78 is 25.2. The van der Waals surface area contributed by atoms with Gasteiger partial charge in [-0.05, 0) is 30.9 Å². The zero-order valence-corrected chi connectivity index (χ0v) is 13.0. The quantitative estimate of drug-likeness (QED) is 0.829. The van der Waals surface area contributed by atoms with Gasteiger partial charge in [0.1, 0.15) is 6.04 Å². The fourth-order valence-corrected chi connectivity index (χ4v) is 4.41. The number of benzene rings is 1. The van der Waals surface area contributed by atoms with Gasteiger partial charge in [0.25, 0.3) is 0 Å². The smallest absolute Gasteiger partial charge is 0.245 e. The number of hydrogen-bond donors (Lipinski definition) is 0. The van der Waals surface area contributed by atoms with E-state index in [0.717, 1.165) is 30.5 Å². The molecule has 0 spiro atoms. The number of fused-ring (bicyclic) bond motifs is 1. The van der Waals surface area contributed by atoms with Crippen molar-refractivity contribution in [2.75, 3.05) is 24.2 Å². The van der Waals surface area contributed by atoms with Crippen LogP contribution in [0.2, 0.25) is 0 Å². The summed E-state index contributed by atoms with van der Waals surface area (Å²) in [4.78, 5) is 14.6. The van der Waals surface area contributed by atoms with Gasteiger partial charge in [0.05, 0.1) is 6.26 Å². The lowest BCUT2D eigenvalue weighted by Crippen LogP contribution is -2.52. The summed E-state index contributed by atoms with van der Waals surface area (Å²) in [5.41, 5.74) is 2.09. The lowest BCUT2D eigenvalue weighted by molar-refractivity contribution is -0.123. The van der Waals surface area contributed by atoms with Crippen molar-refractivity contribution in [1.29, 1.82) is 0 Å². The van der Waals surface area contributed by atoms with Gasteiger partial charge in [0.15, 0.2) is 0 Å². The van der Waals surface area contributed by atoms with E-state index in [1.54, 1.807) is 4.90 Å². The van der Waals surface area contributed by atoms with Crippen molar-refractivity contribution < 1.29 is 13.2 Å². The summed E-state index contributed by atoms with van der Waals surface area (Å²) in [6.45, 7) is 1.09. The van der Waals surface area contributed by atoms with Crippen LogP contribution in [0.15, 0.2) is 24.3 Å². The van der Waals surface area contributed by atoms with Gasteiger partial charge in [0.2, 0.25) is 15.9 Å². The van der Waals surface area contributed by atoms with Gasteiger partial charge in [-0.1, -0.05) is 24.6 Å². The lowest BCUT2D eigenvalue weighted by Gasteiger charge is -2.35. The molecule has 1 amide bonds. The van der Waals surface area contributed by atoms with Crippen LogP contribution in [0.5, 0.6) is 0 Å². The van der Waals surface area contributed by atoms with Crippen LogP contribution < -0.4 is 4.90 Å². The van der Waals surface area contributed by atoms with Crippen molar-refractivity contribution >= 4 is 21.6 Å². The molecule has 21 heavy (non-hydrogen) atoms. The highest BCUT2D eigenvalue weighted by atomic mass is 32.2. The SMILES string of the molecule is CS(=O)(=O)N1CCCC[C@H]1C(=O)N1CCc2ccccc21. The average Bonchev–Trinajstić information content (AvgIpc) is 2.89. The predicted molar refractivity (Wildman–Crippen MR) is 81.7 cm³/mol. The maximum absolute atomic E-state index is 12.8. The maximum atomic E-state index is 12.8. The first-order valence-electron chi connectivity index (χ1n) is 7.34. The van der Waals surface area contributed by atoms with Crippen LogP contribution >= 0.6 is 0 Å². The van der Waals surface area contributed by atoms with Gasteiger partial charge in [-0.25, -0.2) is 8.42 Å². The summed E-state index contributed by atoms with van der Waals surface area (Å²) in [5.74, 6) is -0.0786. The topological polar surface area (TPSA) is 57.7 Å². The number of anilines is 1. The van der Waals surface area contributed by atoms with E-state index in [2.05, 4.69) is 0 Å². The number of hydrogen-bond acceptors (Lipinski definition) is 3. The molecular formula is C15H20N2O3S. The van der Waals surface area contributed by atoms with Crippen LogP contribution in [0.4, 0.5) is 5.69 Å². The first-order valence-corrected chi connectivity index (χ1v) is 9.19. The summed E-state index contributed by atoms with van der Waals surface area (Å²) in [6.07, 6.45) is 4.37. The Labute approximate surface area is 125 Å². The van der Waals surface area contributed by atoms with Gasteiger partial charge in [0, 0.05) is 18.8 Å². The van der Waals surface area contributed by atoms with Crippen molar-refractivity contribution in [2.45, 2.75) is 31.7 Å². The number of carbonyl (C=O) groups is 1. The monoisotopic (exact) mass is 308 g/mol. The van der Waals surface area contributed by atoms with E-state index in [1.807, 2.05) is 24.3 Å². The maximum Gasteiger partial charge on any atom is 0.245 e. The molecule has 5 nitrogen and oxygen atoms in total. The number of nitrogens with zero attached hydrogens (tertiary/aromatic N) is 2. The Morgan fingerprint density at radius 2 is 1.95 bits per heavy atom. The summed E-state index contributed by atoms with van der Waals surface area (Å²) in [5, 5.41) is 0. The molecule has 0 aliphatic carbocycles. The molecule has 1 aromatic rings. The second-order valence-electron chi connectivity index (χ2n) is 5.75. The molecule has 2 aliphatic heterocycles. The Bertz CT molecular complexity index is 657. The van der Waals surface area contributed by atoms with Gasteiger partial charge in [-0.3, -0.25) is 4.79 Å². The van der Waals surface area contributed by atoms with E-state index < -0.39 is 16.1 Å². The van der Waals surface area contributed by atoms with Gasteiger partial charge < -0.3 is 4.90 Å².